The van der Waals surface area contributed by atoms with E-state index in [0.717, 1.165) is 49.2 Å². The van der Waals surface area contributed by atoms with Gasteiger partial charge >= 0.3 is 0 Å². The van der Waals surface area contributed by atoms with Crippen LogP contribution in [0.25, 0.3) is 10.9 Å². The molecule has 0 saturated carbocycles. The van der Waals surface area contributed by atoms with E-state index < -0.39 is 0 Å². The number of nitrogens with zero attached hydrogens (tertiary/aromatic N) is 2. The summed E-state index contributed by atoms with van der Waals surface area (Å²) in [6.07, 6.45) is 2.83. The van der Waals surface area contributed by atoms with Gasteiger partial charge in [-0.2, -0.15) is 0 Å². The van der Waals surface area contributed by atoms with Crippen LogP contribution in [0.2, 0.25) is 5.02 Å². The Morgan fingerprint density at radius 1 is 1.04 bits per heavy atom. The molecule has 2 rings (SSSR count). The number of hydrogen-bond acceptors (Lipinski definition) is 3. The van der Waals surface area contributed by atoms with Crippen LogP contribution in [0.1, 0.15) is 6.42 Å². The number of pyridine rings is 1. The van der Waals surface area contributed by atoms with Crippen molar-refractivity contribution in [3.8, 4) is 0 Å². The maximum atomic E-state index is 6.00. The highest BCUT2D eigenvalue weighted by atomic mass is 35.5. The zero-order valence-electron chi connectivity index (χ0n) is 12.8. The molecule has 23 heavy (non-hydrogen) atoms. The number of nitrogens with one attached hydrogen (secondary N) is 1. The van der Waals surface area contributed by atoms with E-state index in [4.69, 9.17) is 34.8 Å². The van der Waals surface area contributed by atoms with Crippen molar-refractivity contribution >= 4 is 63.8 Å². The molecule has 3 nitrogen and oxygen atoms in total. The van der Waals surface area contributed by atoms with Crippen molar-refractivity contribution in [3.05, 3.63) is 35.5 Å². The topological polar surface area (TPSA) is 28.2 Å². The van der Waals surface area contributed by atoms with Crippen LogP contribution in [-0.2, 0) is 0 Å². The van der Waals surface area contributed by atoms with Gasteiger partial charge in [0, 0.05) is 53.7 Å². The molecule has 0 amide bonds. The highest BCUT2D eigenvalue weighted by Gasteiger charge is 2.04. The van der Waals surface area contributed by atoms with Crippen LogP contribution in [-0.4, -0.2) is 47.8 Å². The second-order valence-electron chi connectivity index (χ2n) is 5.02. The largest absolute Gasteiger partial charge is 0.384 e. The maximum Gasteiger partial charge on any atom is 0.0737 e. The van der Waals surface area contributed by atoms with Gasteiger partial charge in [-0.05, 0) is 37.2 Å². The van der Waals surface area contributed by atoms with Gasteiger partial charge in [-0.15, -0.1) is 35.6 Å². The summed E-state index contributed by atoms with van der Waals surface area (Å²) in [5.74, 6) is 1.28. The van der Waals surface area contributed by atoms with Gasteiger partial charge in [0.25, 0.3) is 0 Å². The molecule has 0 aliphatic carbocycles. The molecule has 0 fully saturated rings. The fourth-order valence-electron chi connectivity index (χ4n) is 2.38. The molecule has 0 aliphatic heterocycles. The first-order valence-electron chi connectivity index (χ1n) is 7.37. The Labute approximate surface area is 158 Å². The predicted octanol–water partition coefficient (Wildman–Crippen LogP) is 4.89. The molecule has 0 saturated heterocycles. The summed E-state index contributed by atoms with van der Waals surface area (Å²) >= 11 is 17.6. The van der Waals surface area contributed by atoms with Gasteiger partial charge in [-0.3, -0.25) is 4.98 Å². The summed E-state index contributed by atoms with van der Waals surface area (Å²) in [4.78, 5) is 6.63. The van der Waals surface area contributed by atoms with E-state index in [1.807, 2.05) is 24.3 Å². The summed E-state index contributed by atoms with van der Waals surface area (Å²) in [5.41, 5.74) is 1.99. The second kappa shape index (κ2) is 11.2. The first-order chi connectivity index (χ1) is 10.7. The third-order valence-corrected chi connectivity index (χ3v) is 4.05. The molecular formula is C16H21Cl4N3. The summed E-state index contributed by atoms with van der Waals surface area (Å²) in [5, 5.41) is 5.26. The van der Waals surface area contributed by atoms with Crippen LogP contribution >= 0.6 is 47.2 Å². The Morgan fingerprint density at radius 2 is 1.78 bits per heavy atom. The van der Waals surface area contributed by atoms with Crippen molar-refractivity contribution in [2.75, 3.05) is 43.3 Å². The van der Waals surface area contributed by atoms with Gasteiger partial charge in [0.15, 0.2) is 0 Å². The van der Waals surface area contributed by atoms with E-state index >= 15 is 0 Å². The third-order valence-electron chi connectivity index (χ3n) is 3.47. The van der Waals surface area contributed by atoms with E-state index in [1.165, 1.54) is 0 Å². The van der Waals surface area contributed by atoms with Crippen molar-refractivity contribution in [3.63, 3.8) is 0 Å². The number of anilines is 1. The van der Waals surface area contributed by atoms with Crippen LogP contribution < -0.4 is 5.32 Å². The van der Waals surface area contributed by atoms with Crippen molar-refractivity contribution in [1.82, 2.24) is 9.88 Å². The van der Waals surface area contributed by atoms with E-state index in [9.17, 15) is 0 Å². The molecule has 7 heteroatoms. The molecule has 0 bridgehead atoms. The quantitative estimate of drug-likeness (QED) is 0.483. The van der Waals surface area contributed by atoms with Gasteiger partial charge in [-0.25, -0.2) is 0 Å². The number of benzene rings is 1. The van der Waals surface area contributed by atoms with Crippen LogP contribution in [0.3, 0.4) is 0 Å². The first kappa shape index (κ1) is 20.6. The molecule has 2 aromatic rings. The van der Waals surface area contributed by atoms with Crippen molar-refractivity contribution < 1.29 is 0 Å². The van der Waals surface area contributed by atoms with Gasteiger partial charge < -0.3 is 10.2 Å². The minimum atomic E-state index is 0. The predicted molar refractivity (Wildman–Crippen MR) is 105 cm³/mol. The summed E-state index contributed by atoms with van der Waals surface area (Å²) in [6, 6.07) is 7.76. The number of aromatic nitrogens is 1. The number of alkyl halides is 2. The minimum Gasteiger partial charge on any atom is -0.384 e. The molecule has 0 radical (unpaired) electrons. The van der Waals surface area contributed by atoms with Crippen LogP contribution in [0.4, 0.5) is 5.69 Å². The van der Waals surface area contributed by atoms with Gasteiger partial charge in [0.1, 0.15) is 0 Å². The first-order valence-corrected chi connectivity index (χ1v) is 8.81. The lowest BCUT2D eigenvalue weighted by atomic mass is 10.2. The zero-order valence-corrected chi connectivity index (χ0v) is 15.9. The highest BCUT2D eigenvalue weighted by molar-refractivity contribution is 6.31. The number of rotatable bonds is 9. The Bertz CT molecular complexity index is 589. The van der Waals surface area contributed by atoms with Crippen LogP contribution in [0.15, 0.2) is 30.5 Å². The monoisotopic (exact) mass is 395 g/mol. The second-order valence-corrected chi connectivity index (χ2v) is 6.21. The number of fused-ring (bicyclic) bond motifs is 1. The Balaban J connectivity index is 0.00000264. The molecule has 0 aliphatic rings. The average molecular weight is 397 g/mol. The normalized spacial score (nSPS) is 10.8. The summed E-state index contributed by atoms with van der Waals surface area (Å²) < 4.78 is 0. The fraction of sp³-hybridized carbons (Fsp3) is 0.438. The molecule has 0 spiro atoms. The highest BCUT2D eigenvalue weighted by Crippen LogP contribution is 2.24. The van der Waals surface area contributed by atoms with E-state index in [0.29, 0.717) is 16.8 Å². The number of halogens is 4. The molecule has 0 unspecified atom stereocenters. The molecular weight excluding hydrogens is 376 g/mol. The van der Waals surface area contributed by atoms with Crippen molar-refractivity contribution in [2.24, 2.45) is 0 Å². The van der Waals surface area contributed by atoms with Crippen molar-refractivity contribution in [2.45, 2.75) is 6.42 Å². The standard InChI is InChI=1S/C16H20Cl3N3.ClH/c17-5-10-22(11-6-18)9-1-7-20-15-4-8-21-16-12-13(19)2-3-14(15)16;/h2-4,8,12H,1,5-7,9-11H2,(H,20,21);1H. The average Bonchev–Trinajstić information content (AvgIpc) is 2.51. The van der Waals surface area contributed by atoms with Gasteiger partial charge in [0.05, 0.1) is 5.52 Å². The van der Waals surface area contributed by atoms with E-state index in [2.05, 4.69) is 15.2 Å². The molecule has 0 atom stereocenters. The Hall–Kier alpha value is -0.450. The summed E-state index contributed by atoms with van der Waals surface area (Å²) in [7, 11) is 0. The summed E-state index contributed by atoms with van der Waals surface area (Å²) in [6.45, 7) is 3.64. The number of hydrogen-bond donors (Lipinski definition) is 1. The lowest BCUT2D eigenvalue weighted by Crippen LogP contribution is -2.30. The van der Waals surface area contributed by atoms with Crippen LogP contribution in [0.5, 0.6) is 0 Å². The fourth-order valence-corrected chi connectivity index (χ4v) is 3.02. The molecule has 1 aromatic carbocycles. The minimum absolute atomic E-state index is 0. The van der Waals surface area contributed by atoms with E-state index in [1.54, 1.807) is 6.20 Å². The smallest absolute Gasteiger partial charge is 0.0737 e. The Kier molecular flexibility index (Phi) is 10.00. The molecule has 1 heterocycles. The third kappa shape index (κ3) is 6.52. The van der Waals surface area contributed by atoms with Gasteiger partial charge in [-0.1, -0.05) is 11.6 Å². The lowest BCUT2D eigenvalue weighted by molar-refractivity contribution is 0.306. The zero-order chi connectivity index (χ0) is 15.8. The van der Waals surface area contributed by atoms with Crippen LogP contribution in [0, 0.1) is 0 Å². The van der Waals surface area contributed by atoms with Gasteiger partial charge in [0.2, 0.25) is 0 Å². The molecule has 1 aromatic heterocycles. The van der Waals surface area contributed by atoms with Crippen molar-refractivity contribution in [1.29, 1.82) is 0 Å². The lowest BCUT2D eigenvalue weighted by Gasteiger charge is -2.20. The SMILES string of the molecule is Cl.ClCCN(CCCl)CCCNc1ccnc2cc(Cl)ccc12. The molecule has 128 valence electrons. The Morgan fingerprint density at radius 3 is 2.48 bits per heavy atom. The maximum absolute atomic E-state index is 6.00. The molecule has 1 N–H and O–H groups in total. The van der Waals surface area contributed by atoms with E-state index in [-0.39, 0.29) is 12.4 Å².